The Morgan fingerprint density at radius 1 is 1.29 bits per heavy atom. The van der Waals surface area contributed by atoms with E-state index in [1.807, 2.05) is 14.0 Å². The smallest absolute Gasteiger partial charge is 0.224 e. The number of rotatable bonds is 7. The Morgan fingerprint density at radius 2 is 2.00 bits per heavy atom. The highest BCUT2D eigenvalue weighted by Gasteiger charge is 2.12. The fourth-order valence-electron chi connectivity index (χ4n) is 2.27. The highest BCUT2D eigenvalue weighted by Crippen LogP contribution is 2.08. The molecule has 1 unspecified atom stereocenters. The van der Waals surface area contributed by atoms with E-state index in [9.17, 15) is 4.79 Å². The summed E-state index contributed by atoms with van der Waals surface area (Å²) in [7, 11) is 1.88. The summed E-state index contributed by atoms with van der Waals surface area (Å²) in [6.07, 6.45) is 5.13. The molecule has 1 aliphatic rings. The minimum absolute atomic E-state index is 0.0648. The third-order valence-electron chi connectivity index (χ3n) is 3.36. The maximum absolute atomic E-state index is 11.6. The lowest BCUT2D eigenvalue weighted by Gasteiger charge is -2.26. The van der Waals surface area contributed by atoms with Crippen LogP contribution in [0.5, 0.6) is 0 Å². The van der Waals surface area contributed by atoms with Crippen molar-refractivity contribution in [3.8, 4) is 0 Å². The van der Waals surface area contributed by atoms with Crippen LogP contribution in [0.3, 0.4) is 0 Å². The summed E-state index contributed by atoms with van der Waals surface area (Å²) in [6.45, 7) is 7.12. The number of carbonyl (C=O) groups excluding carboxylic acids is 1. The molecule has 0 spiro atoms. The van der Waals surface area contributed by atoms with E-state index in [2.05, 4.69) is 15.5 Å². The lowest BCUT2D eigenvalue weighted by atomic mass is 10.1. The van der Waals surface area contributed by atoms with Crippen molar-refractivity contribution in [2.75, 3.05) is 39.8 Å². The van der Waals surface area contributed by atoms with Crippen LogP contribution in [0, 0.1) is 5.92 Å². The van der Waals surface area contributed by atoms with Gasteiger partial charge in [-0.1, -0.05) is 13.3 Å². The Balaban J connectivity index is 2.01. The molecule has 4 heteroatoms. The van der Waals surface area contributed by atoms with E-state index in [1.165, 1.54) is 32.4 Å². The van der Waals surface area contributed by atoms with E-state index >= 15 is 0 Å². The molecule has 0 aromatic heterocycles. The fourth-order valence-corrected chi connectivity index (χ4v) is 2.27. The Morgan fingerprint density at radius 3 is 2.65 bits per heavy atom. The summed E-state index contributed by atoms with van der Waals surface area (Å²) in [5, 5.41) is 6.02. The fraction of sp³-hybridized carbons (Fsp3) is 0.923. The molecule has 0 aliphatic carbocycles. The van der Waals surface area contributed by atoms with Gasteiger partial charge in [0.05, 0.1) is 0 Å². The minimum Gasteiger partial charge on any atom is -0.356 e. The Kier molecular flexibility index (Phi) is 7.21. The zero-order valence-corrected chi connectivity index (χ0v) is 11.3. The number of piperidine rings is 1. The van der Waals surface area contributed by atoms with Gasteiger partial charge in [-0.15, -0.1) is 0 Å². The number of hydrogen-bond acceptors (Lipinski definition) is 3. The molecule has 0 saturated carbocycles. The first-order valence-electron chi connectivity index (χ1n) is 6.88. The largest absolute Gasteiger partial charge is 0.356 e. The average molecular weight is 241 g/mol. The monoisotopic (exact) mass is 241 g/mol. The van der Waals surface area contributed by atoms with Gasteiger partial charge < -0.3 is 15.5 Å². The van der Waals surface area contributed by atoms with Crippen LogP contribution in [0.2, 0.25) is 0 Å². The Hall–Kier alpha value is -0.610. The van der Waals surface area contributed by atoms with Gasteiger partial charge in [0.1, 0.15) is 0 Å². The van der Waals surface area contributed by atoms with Crippen LogP contribution in [0.15, 0.2) is 0 Å². The van der Waals surface area contributed by atoms with Gasteiger partial charge in [-0.2, -0.15) is 0 Å². The molecule has 1 amide bonds. The third kappa shape index (κ3) is 6.03. The number of carbonyl (C=O) groups is 1. The van der Waals surface area contributed by atoms with E-state index in [0.717, 1.165) is 26.1 Å². The SMILES string of the molecule is CNCC(C)C(=O)NCCCN1CCCCC1. The minimum atomic E-state index is 0.0648. The molecule has 2 N–H and O–H groups in total. The van der Waals surface area contributed by atoms with Gasteiger partial charge in [-0.3, -0.25) is 4.79 Å². The van der Waals surface area contributed by atoms with Gasteiger partial charge in [0, 0.05) is 19.0 Å². The van der Waals surface area contributed by atoms with E-state index in [-0.39, 0.29) is 11.8 Å². The summed E-state index contributed by atoms with van der Waals surface area (Å²) in [4.78, 5) is 14.1. The summed E-state index contributed by atoms with van der Waals surface area (Å²) in [5.41, 5.74) is 0. The van der Waals surface area contributed by atoms with E-state index in [1.54, 1.807) is 0 Å². The number of amides is 1. The predicted molar refractivity (Wildman–Crippen MR) is 71.0 cm³/mol. The average Bonchev–Trinajstić information content (AvgIpc) is 2.36. The zero-order valence-electron chi connectivity index (χ0n) is 11.3. The molecular formula is C13H27N3O. The molecule has 1 fully saturated rings. The quantitative estimate of drug-likeness (QED) is 0.649. The highest BCUT2D eigenvalue weighted by atomic mass is 16.1. The second-order valence-corrected chi connectivity index (χ2v) is 5.01. The second-order valence-electron chi connectivity index (χ2n) is 5.01. The Labute approximate surface area is 105 Å². The summed E-state index contributed by atoms with van der Waals surface area (Å²) >= 11 is 0. The van der Waals surface area contributed by atoms with Crippen LogP contribution in [0.25, 0.3) is 0 Å². The standard InChI is InChI=1S/C13H27N3O/c1-12(11-14-2)13(17)15-7-6-10-16-8-4-3-5-9-16/h12,14H,3-11H2,1-2H3,(H,15,17). The highest BCUT2D eigenvalue weighted by molar-refractivity contribution is 5.78. The first kappa shape index (κ1) is 14.5. The van der Waals surface area contributed by atoms with Gasteiger partial charge in [0.25, 0.3) is 0 Å². The Bertz CT molecular complexity index is 215. The van der Waals surface area contributed by atoms with Crippen molar-refractivity contribution < 1.29 is 4.79 Å². The number of nitrogens with zero attached hydrogens (tertiary/aromatic N) is 1. The van der Waals surface area contributed by atoms with Crippen LogP contribution in [0.1, 0.15) is 32.6 Å². The van der Waals surface area contributed by atoms with Crippen molar-refractivity contribution in [2.24, 2.45) is 5.92 Å². The van der Waals surface area contributed by atoms with Gasteiger partial charge >= 0.3 is 0 Å². The third-order valence-corrected chi connectivity index (χ3v) is 3.36. The van der Waals surface area contributed by atoms with Crippen molar-refractivity contribution in [3.05, 3.63) is 0 Å². The summed E-state index contributed by atoms with van der Waals surface area (Å²) < 4.78 is 0. The number of hydrogen-bond donors (Lipinski definition) is 2. The molecular weight excluding hydrogens is 214 g/mol. The molecule has 17 heavy (non-hydrogen) atoms. The molecule has 0 aromatic carbocycles. The van der Waals surface area contributed by atoms with Gasteiger partial charge in [-0.05, 0) is 45.9 Å². The van der Waals surface area contributed by atoms with E-state index in [4.69, 9.17) is 0 Å². The molecule has 1 aliphatic heterocycles. The molecule has 1 heterocycles. The number of likely N-dealkylation sites (tertiary alicyclic amines) is 1. The van der Waals surface area contributed by atoms with Crippen molar-refractivity contribution in [1.29, 1.82) is 0 Å². The second kappa shape index (κ2) is 8.48. The predicted octanol–water partition coefficient (Wildman–Crippen LogP) is 0.834. The topological polar surface area (TPSA) is 44.4 Å². The maximum atomic E-state index is 11.6. The zero-order chi connectivity index (χ0) is 12.5. The maximum Gasteiger partial charge on any atom is 0.224 e. The molecule has 1 rings (SSSR count). The summed E-state index contributed by atoms with van der Waals surface area (Å²) in [5.74, 6) is 0.230. The van der Waals surface area contributed by atoms with Crippen molar-refractivity contribution >= 4 is 5.91 Å². The van der Waals surface area contributed by atoms with Gasteiger partial charge in [0.15, 0.2) is 0 Å². The van der Waals surface area contributed by atoms with Gasteiger partial charge in [-0.25, -0.2) is 0 Å². The summed E-state index contributed by atoms with van der Waals surface area (Å²) in [6, 6.07) is 0. The van der Waals surface area contributed by atoms with Crippen molar-refractivity contribution in [2.45, 2.75) is 32.6 Å². The number of nitrogens with one attached hydrogen (secondary N) is 2. The van der Waals surface area contributed by atoms with Crippen molar-refractivity contribution in [1.82, 2.24) is 15.5 Å². The molecule has 1 atom stereocenters. The molecule has 0 bridgehead atoms. The van der Waals surface area contributed by atoms with Crippen LogP contribution in [-0.4, -0.2) is 50.6 Å². The van der Waals surface area contributed by atoms with E-state index < -0.39 is 0 Å². The molecule has 0 radical (unpaired) electrons. The normalized spacial score (nSPS) is 18.9. The van der Waals surface area contributed by atoms with Crippen LogP contribution >= 0.6 is 0 Å². The first-order valence-corrected chi connectivity index (χ1v) is 6.88. The molecule has 100 valence electrons. The lowest BCUT2D eigenvalue weighted by Crippen LogP contribution is -2.37. The van der Waals surface area contributed by atoms with Gasteiger partial charge in [0.2, 0.25) is 5.91 Å². The molecule has 1 saturated heterocycles. The first-order chi connectivity index (χ1) is 8.24. The van der Waals surface area contributed by atoms with Crippen molar-refractivity contribution in [3.63, 3.8) is 0 Å². The molecule has 4 nitrogen and oxygen atoms in total. The van der Waals surface area contributed by atoms with Crippen LogP contribution in [0.4, 0.5) is 0 Å². The lowest BCUT2D eigenvalue weighted by molar-refractivity contribution is -0.124. The van der Waals surface area contributed by atoms with E-state index in [0.29, 0.717) is 0 Å². The molecule has 0 aromatic rings. The van der Waals surface area contributed by atoms with Crippen LogP contribution < -0.4 is 10.6 Å². The van der Waals surface area contributed by atoms with Crippen LogP contribution in [-0.2, 0) is 4.79 Å².